The summed E-state index contributed by atoms with van der Waals surface area (Å²) in [5.41, 5.74) is 1.81. The summed E-state index contributed by atoms with van der Waals surface area (Å²) in [5.74, 6) is 1.70. The van der Waals surface area contributed by atoms with E-state index in [0.29, 0.717) is 17.4 Å². The van der Waals surface area contributed by atoms with Crippen LogP contribution in [0.1, 0.15) is 65.0 Å². The third-order valence-corrected chi connectivity index (χ3v) is 4.88. The number of nitrogens with one attached hydrogen (secondary N) is 1. The van der Waals surface area contributed by atoms with E-state index in [1.54, 1.807) is 0 Å². The first-order chi connectivity index (χ1) is 10.1. The summed E-state index contributed by atoms with van der Waals surface area (Å²) < 4.78 is 5.69. The molecule has 1 aliphatic carbocycles. The molecule has 2 nitrogen and oxygen atoms in total. The van der Waals surface area contributed by atoms with Crippen LogP contribution in [-0.2, 0) is 0 Å². The molecule has 0 saturated heterocycles. The predicted molar refractivity (Wildman–Crippen MR) is 89.8 cm³/mol. The van der Waals surface area contributed by atoms with Crippen molar-refractivity contribution in [3.63, 3.8) is 0 Å². The van der Waals surface area contributed by atoms with Gasteiger partial charge in [0.25, 0.3) is 0 Å². The zero-order valence-electron chi connectivity index (χ0n) is 14.1. The van der Waals surface area contributed by atoms with Gasteiger partial charge in [0.2, 0.25) is 0 Å². The molecular formula is C19H31NO. The first-order valence-electron chi connectivity index (χ1n) is 8.54. The zero-order valence-corrected chi connectivity index (χ0v) is 14.1. The van der Waals surface area contributed by atoms with Gasteiger partial charge in [-0.3, -0.25) is 0 Å². The number of rotatable bonds is 7. The van der Waals surface area contributed by atoms with E-state index in [0.717, 1.165) is 18.9 Å². The second-order valence-electron chi connectivity index (χ2n) is 6.92. The second-order valence-corrected chi connectivity index (χ2v) is 6.92. The highest BCUT2D eigenvalue weighted by Gasteiger charge is 2.39. The van der Waals surface area contributed by atoms with Gasteiger partial charge in [0.15, 0.2) is 0 Å². The van der Waals surface area contributed by atoms with E-state index >= 15 is 0 Å². The lowest BCUT2D eigenvalue weighted by molar-refractivity contribution is 0.197. The van der Waals surface area contributed by atoms with Crippen molar-refractivity contribution >= 4 is 0 Å². The quantitative estimate of drug-likeness (QED) is 0.766. The average molecular weight is 289 g/mol. The molecule has 1 fully saturated rings. The first-order valence-corrected chi connectivity index (χ1v) is 8.54. The Morgan fingerprint density at radius 1 is 1.33 bits per heavy atom. The van der Waals surface area contributed by atoms with Crippen LogP contribution in [0.25, 0.3) is 0 Å². The van der Waals surface area contributed by atoms with Crippen molar-refractivity contribution < 1.29 is 4.74 Å². The summed E-state index contributed by atoms with van der Waals surface area (Å²) in [7, 11) is 0. The zero-order chi connectivity index (χ0) is 15.3. The molecule has 0 aromatic heterocycles. The van der Waals surface area contributed by atoms with Crippen molar-refractivity contribution in [2.24, 2.45) is 11.3 Å². The van der Waals surface area contributed by atoms with Crippen LogP contribution in [0.2, 0.25) is 0 Å². The fraction of sp³-hybridized carbons (Fsp3) is 0.684. The maximum Gasteiger partial charge on any atom is 0.119 e. The van der Waals surface area contributed by atoms with Crippen LogP contribution >= 0.6 is 0 Å². The van der Waals surface area contributed by atoms with Gasteiger partial charge in [0.1, 0.15) is 5.75 Å². The normalized spacial score (nSPS) is 22.2. The van der Waals surface area contributed by atoms with Gasteiger partial charge in [-0.1, -0.05) is 39.3 Å². The summed E-state index contributed by atoms with van der Waals surface area (Å²) in [4.78, 5) is 0. The minimum atomic E-state index is 0.424. The number of hydrogen-bond donors (Lipinski definition) is 1. The molecule has 2 atom stereocenters. The molecular weight excluding hydrogens is 258 g/mol. The molecule has 2 heteroatoms. The Balaban J connectivity index is 2.24. The maximum absolute atomic E-state index is 5.69. The lowest BCUT2D eigenvalue weighted by atomic mass is 9.75. The van der Waals surface area contributed by atoms with Crippen molar-refractivity contribution in [2.45, 2.75) is 59.4 Å². The fourth-order valence-electron chi connectivity index (χ4n) is 3.73. The van der Waals surface area contributed by atoms with Gasteiger partial charge in [0.05, 0.1) is 6.61 Å². The maximum atomic E-state index is 5.69. The molecule has 1 aromatic carbocycles. The van der Waals surface area contributed by atoms with E-state index in [1.807, 2.05) is 6.92 Å². The molecule has 2 rings (SSSR count). The first kappa shape index (κ1) is 16.4. The lowest BCUT2D eigenvalue weighted by Crippen LogP contribution is -2.34. The van der Waals surface area contributed by atoms with Gasteiger partial charge in [-0.15, -0.1) is 0 Å². The Morgan fingerprint density at radius 2 is 2.14 bits per heavy atom. The Kier molecular flexibility index (Phi) is 5.69. The minimum Gasteiger partial charge on any atom is -0.494 e. The summed E-state index contributed by atoms with van der Waals surface area (Å²) in [6.07, 6.45) is 5.20. The van der Waals surface area contributed by atoms with Crippen molar-refractivity contribution in [3.05, 3.63) is 29.8 Å². The smallest absolute Gasteiger partial charge is 0.119 e. The molecule has 1 saturated carbocycles. The van der Waals surface area contributed by atoms with Crippen LogP contribution in [0.5, 0.6) is 5.75 Å². The largest absolute Gasteiger partial charge is 0.494 e. The fourth-order valence-corrected chi connectivity index (χ4v) is 3.73. The van der Waals surface area contributed by atoms with Crippen molar-refractivity contribution in [1.82, 2.24) is 5.32 Å². The van der Waals surface area contributed by atoms with Crippen LogP contribution < -0.4 is 10.1 Å². The minimum absolute atomic E-state index is 0.424. The summed E-state index contributed by atoms with van der Waals surface area (Å²) in [6.45, 7) is 10.9. The van der Waals surface area contributed by atoms with E-state index in [1.165, 1.54) is 31.2 Å². The van der Waals surface area contributed by atoms with Crippen molar-refractivity contribution in [1.29, 1.82) is 0 Å². The molecule has 1 aliphatic rings. The highest BCUT2D eigenvalue weighted by Crippen LogP contribution is 2.48. The van der Waals surface area contributed by atoms with E-state index in [2.05, 4.69) is 50.4 Å². The van der Waals surface area contributed by atoms with Crippen LogP contribution in [0, 0.1) is 11.3 Å². The Hall–Kier alpha value is -1.02. The van der Waals surface area contributed by atoms with Crippen LogP contribution in [0.15, 0.2) is 24.3 Å². The molecule has 2 unspecified atom stereocenters. The average Bonchev–Trinajstić information content (AvgIpc) is 2.80. The molecule has 21 heavy (non-hydrogen) atoms. The van der Waals surface area contributed by atoms with Crippen molar-refractivity contribution in [2.75, 3.05) is 13.2 Å². The van der Waals surface area contributed by atoms with Gasteiger partial charge in [-0.25, -0.2) is 0 Å². The van der Waals surface area contributed by atoms with Gasteiger partial charge in [-0.2, -0.15) is 0 Å². The topological polar surface area (TPSA) is 21.3 Å². The summed E-state index contributed by atoms with van der Waals surface area (Å²) in [6, 6.07) is 9.12. The number of benzene rings is 1. The molecule has 0 radical (unpaired) electrons. The molecule has 118 valence electrons. The summed E-state index contributed by atoms with van der Waals surface area (Å²) in [5, 5.41) is 3.80. The van der Waals surface area contributed by atoms with Gasteiger partial charge < -0.3 is 10.1 Å². The van der Waals surface area contributed by atoms with E-state index in [9.17, 15) is 0 Å². The van der Waals surface area contributed by atoms with E-state index in [-0.39, 0.29) is 0 Å². The molecule has 0 bridgehead atoms. The molecule has 1 aromatic rings. The molecule has 0 amide bonds. The van der Waals surface area contributed by atoms with Gasteiger partial charge in [-0.05, 0) is 61.8 Å². The highest BCUT2D eigenvalue weighted by atomic mass is 16.5. The Morgan fingerprint density at radius 3 is 2.76 bits per heavy atom. The third-order valence-electron chi connectivity index (χ3n) is 4.88. The third kappa shape index (κ3) is 4.00. The van der Waals surface area contributed by atoms with Gasteiger partial charge >= 0.3 is 0 Å². The molecule has 1 N–H and O–H groups in total. The van der Waals surface area contributed by atoms with E-state index in [4.69, 9.17) is 4.74 Å². The molecule has 0 spiro atoms. The summed E-state index contributed by atoms with van der Waals surface area (Å²) >= 11 is 0. The SMILES string of the molecule is CCCNC(c1cccc(OCC)c1)C1CCCC1(C)C. The number of hydrogen-bond acceptors (Lipinski definition) is 2. The van der Waals surface area contributed by atoms with Crippen LogP contribution in [-0.4, -0.2) is 13.2 Å². The van der Waals surface area contributed by atoms with Crippen LogP contribution in [0.3, 0.4) is 0 Å². The van der Waals surface area contributed by atoms with Crippen molar-refractivity contribution in [3.8, 4) is 5.75 Å². The lowest BCUT2D eigenvalue weighted by Gasteiger charge is -2.35. The standard InChI is InChI=1S/C19H31NO/c1-5-13-20-18(17-11-8-12-19(17,3)4)15-9-7-10-16(14-15)21-6-2/h7,9-10,14,17-18,20H,5-6,8,11-13H2,1-4H3. The van der Waals surface area contributed by atoms with Crippen LogP contribution in [0.4, 0.5) is 0 Å². The monoisotopic (exact) mass is 289 g/mol. The van der Waals surface area contributed by atoms with E-state index < -0.39 is 0 Å². The number of ether oxygens (including phenoxy) is 1. The highest BCUT2D eigenvalue weighted by molar-refractivity contribution is 5.31. The molecule has 0 heterocycles. The Labute approximate surface area is 130 Å². The molecule has 0 aliphatic heterocycles. The Bertz CT molecular complexity index is 441. The van der Waals surface area contributed by atoms with Gasteiger partial charge in [0, 0.05) is 6.04 Å². The predicted octanol–water partition coefficient (Wildman–Crippen LogP) is 4.95. The second kappa shape index (κ2) is 7.31.